The maximum Gasteiger partial charge on any atom is 0.195 e. The Morgan fingerprint density at radius 1 is 1.07 bits per heavy atom. The van der Waals surface area contributed by atoms with Crippen LogP contribution in [0.15, 0.2) is 64.5 Å². The van der Waals surface area contributed by atoms with Crippen molar-refractivity contribution in [2.45, 2.75) is 38.9 Å². The lowest BCUT2D eigenvalue weighted by Gasteiger charge is -2.25. The largest absolute Gasteiger partial charge is 0.347 e. The van der Waals surface area contributed by atoms with Crippen molar-refractivity contribution in [3.05, 3.63) is 65.5 Å². The zero-order valence-corrected chi connectivity index (χ0v) is 16.5. The summed E-state index contributed by atoms with van der Waals surface area (Å²) >= 11 is 0. The number of hydrogen-bond acceptors (Lipinski definition) is 6. The van der Waals surface area contributed by atoms with Crippen LogP contribution in [0.25, 0.3) is 0 Å². The quantitative estimate of drug-likeness (QED) is 0.645. The summed E-state index contributed by atoms with van der Waals surface area (Å²) in [5, 5.41) is 14.4. The van der Waals surface area contributed by atoms with E-state index >= 15 is 0 Å². The summed E-state index contributed by atoms with van der Waals surface area (Å²) in [6.45, 7) is 6.65. The average molecular weight is 374 g/mol. The van der Waals surface area contributed by atoms with Gasteiger partial charge in [0, 0.05) is 35.8 Å². The van der Waals surface area contributed by atoms with Gasteiger partial charge in [-0.3, -0.25) is 5.43 Å². The van der Waals surface area contributed by atoms with Crippen molar-refractivity contribution in [2.75, 3.05) is 16.1 Å². The fraction of sp³-hybridized carbons (Fsp3) is 0.273. The van der Waals surface area contributed by atoms with E-state index in [2.05, 4.69) is 82.6 Å². The molecule has 2 aliphatic rings. The van der Waals surface area contributed by atoms with Crippen molar-refractivity contribution >= 4 is 29.5 Å². The van der Waals surface area contributed by atoms with Gasteiger partial charge in [-0.15, -0.1) is 0 Å². The molecular weight excluding hydrogens is 348 g/mol. The van der Waals surface area contributed by atoms with Gasteiger partial charge in [-0.1, -0.05) is 39.0 Å². The molecule has 1 atom stereocenters. The van der Waals surface area contributed by atoms with Gasteiger partial charge in [-0.2, -0.15) is 5.10 Å². The number of anilines is 3. The topological polar surface area (TPSA) is 72.8 Å². The van der Waals surface area contributed by atoms with Crippen LogP contribution < -0.4 is 21.4 Å². The Bertz CT molecular complexity index is 934. The first-order chi connectivity index (χ1) is 13.5. The second-order valence-corrected chi connectivity index (χ2v) is 7.98. The number of hydrogen-bond donors (Lipinski definition) is 4. The Morgan fingerprint density at radius 2 is 1.89 bits per heavy atom. The SMILES string of the molecule is CC(C)(C)c1ccc(NC2N=CC=C(Nc3cccc4c3CC=NN4)N2)cc1. The van der Waals surface area contributed by atoms with Crippen molar-refractivity contribution in [1.82, 2.24) is 5.32 Å². The first kappa shape index (κ1) is 18.1. The summed E-state index contributed by atoms with van der Waals surface area (Å²) in [6.07, 6.45) is 6.20. The van der Waals surface area contributed by atoms with Crippen LogP contribution in [-0.2, 0) is 11.8 Å². The highest BCUT2D eigenvalue weighted by Crippen LogP contribution is 2.28. The number of nitrogens with one attached hydrogen (secondary N) is 4. The third-order valence-corrected chi connectivity index (χ3v) is 4.84. The third kappa shape index (κ3) is 4.01. The maximum atomic E-state index is 4.48. The lowest BCUT2D eigenvalue weighted by atomic mass is 9.87. The Labute approximate surface area is 165 Å². The number of nitrogens with zero attached hydrogens (tertiary/aromatic N) is 2. The second-order valence-electron chi connectivity index (χ2n) is 7.98. The van der Waals surface area contributed by atoms with E-state index in [1.807, 2.05) is 30.6 Å². The average Bonchev–Trinajstić information content (AvgIpc) is 2.68. The number of allylic oxidation sites excluding steroid dienone is 1. The molecule has 6 nitrogen and oxygen atoms in total. The van der Waals surface area contributed by atoms with Gasteiger partial charge in [0.15, 0.2) is 6.29 Å². The molecule has 0 aromatic heterocycles. The Hall–Kier alpha value is -3.28. The van der Waals surface area contributed by atoms with Crippen LogP contribution in [-0.4, -0.2) is 18.7 Å². The molecule has 2 aromatic rings. The predicted octanol–water partition coefficient (Wildman–Crippen LogP) is 4.26. The van der Waals surface area contributed by atoms with E-state index in [1.54, 1.807) is 0 Å². The Kier molecular flexibility index (Phi) is 4.77. The van der Waals surface area contributed by atoms with Gasteiger partial charge in [0.1, 0.15) is 5.82 Å². The smallest absolute Gasteiger partial charge is 0.195 e. The second kappa shape index (κ2) is 7.38. The van der Waals surface area contributed by atoms with Gasteiger partial charge in [0.2, 0.25) is 0 Å². The summed E-state index contributed by atoms with van der Waals surface area (Å²) in [7, 11) is 0. The fourth-order valence-corrected chi connectivity index (χ4v) is 3.24. The molecule has 6 heteroatoms. The lowest BCUT2D eigenvalue weighted by molar-refractivity contribution is 0.590. The van der Waals surface area contributed by atoms with Crippen LogP contribution in [0.2, 0.25) is 0 Å². The van der Waals surface area contributed by atoms with Crippen molar-refractivity contribution in [2.24, 2.45) is 10.1 Å². The highest BCUT2D eigenvalue weighted by atomic mass is 15.3. The summed E-state index contributed by atoms with van der Waals surface area (Å²) in [4.78, 5) is 4.48. The molecular formula is C22H26N6. The van der Waals surface area contributed by atoms with E-state index in [4.69, 9.17) is 0 Å². The van der Waals surface area contributed by atoms with Crippen LogP contribution in [0, 0.1) is 0 Å². The first-order valence-electron chi connectivity index (χ1n) is 9.52. The van der Waals surface area contributed by atoms with Crippen LogP contribution in [0.1, 0.15) is 31.9 Å². The molecule has 2 heterocycles. The van der Waals surface area contributed by atoms with Crippen LogP contribution in [0.4, 0.5) is 17.1 Å². The van der Waals surface area contributed by atoms with Gasteiger partial charge in [0.05, 0.1) is 5.69 Å². The predicted molar refractivity (Wildman–Crippen MR) is 118 cm³/mol. The van der Waals surface area contributed by atoms with Gasteiger partial charge in [-0.05, 0) is 41.3 Å². The lowest BCUT2D eigenvalue weighted by Crippen LogP contribution is -2.38. The van der Waals surface area contributed by atoms with Gasteiger partial charge in [0.25, 0.3) is 0 Å². The van der Waals surface area contributed by atoms with Crippen LogP contribution in [0.5, 0.6) is 0 Å². The van der Waals surface area contributed by atoms with E-state index in [1.165, 1.54) is 11.1 Å². The number of hydrazone groups is 1. The first-order valence-corrected chi connectivity index (χ1v) is 9.52. The van der Waals surface area contributed by atoms with Crippen LogP contribution >= 0.6 is 0 Å². The number of benzene rings is 2. The molecule has 0 spiro atoms. The zero-order valence-electron chi connectivity index (χ0n) is 16.5. The molecule has 0 saturated heterocycles. The molecule has 2 aromatic carbocycles. The summed E-state index contributed by atoms with van der Waals surface area (Å²) < 4.78 is 0. The Balaban J connectivity index is 1.42. The molecule has 0 amide bonds. The molecule has 28 heavy (non-hydrogen) atoms. The molecule has 0 bridgehead atoms. The van der Waals surface area contributed by atoms with E-state index in [9.17, 15) is 0 Å². The zero-order chi connectivity index (χ0) is 19.6. The summed E-state index contributed by atoms with van der Waals surface area (Å²) in [5.41, 5.74) is 8.82. The highest BCUT2D eigenvalue weighted by Gasteiger charge is 2.16. The van der Waals surface area contributed by atoms with E-state index < -0.39 is 0 Å². The summed E-state index contributed by atoms with van der Waals surface area (Å²) in [6, 6.07) is 14.6. The summed E-state index contributed by atoms with van der Waals surface area (Å²) in [5.74, 6) is 0.898. The molecule has 4 rings (SSSR count). The molecule has 0 saturated carbocycles. The molecule has 0 aliphatic carbocycles. The third-order valence-electron chi connectivity index (χ3n) is 4.84. The monoisotopic (exact) mass is 374 g/mol. The van der Waals surface area contributed by atoms with Crippen LogP contribution in [0.3, 0.4) is 0 Å². The van der Waals surface area contributed by atoms with E-state index in [0.717, 1.165) is 29.3 Å². The number of fused-ring (bicyclic) bond motifs is 1. The Morgan fingerprint density at radius 3 is 2.68 bits per heavy atom. The van der Waals surface area contributed by atoms with Gasteiger partial charge < -0.3 is 16.0 Å². The maximum absolute atomic E-state index is 4.48. The molecule has 144 valence electrons. The highest BCUT2D eigenvalue weighted by molar-refractivity contribution is 5.80. The molecule has 2 aliphatic heterocycles. The van der Waals surface area contributed by atoms with Crippen molar-refractivity contribution in [3.63, 3.8) is 0 Å². The van der Waals surface area contributed by atoms with Crippen molar-refractivity contribution in [3.8, 4) is 0 Å². The molecule has 0 fully saturated rings. The normalized spacial score (nSPS) is 17.8. The minimum Gasteiger partial charge on any atom is -0.347 e. The molecule has 1 unspecified atom stereocenters. The van der Waals surface area contributed by atoms with Crippen molar-refractivity contribution in [1.29, 1.82) is 0 Å². The molecule has 4 N–H and O–H groups in total. The number of aliphatic imine (C=N–C) groups is 1. The fourth-order valence-electron chi connectivity index (χ4n) is 3.24. The van der Waals surface area contributed by atoms with E-state index in [0.29, 0.717) is 0 Å². The number of rotatable bonds is 4. The minimum atomic E-state index is -0.229. The standard InChI is InChI=1S/C22H26N6/c1-22(2,3)15-7-9-16(10-8-15)25-21-23-13-12-20(27-21)26-18-5-4-6-19-17(18)11-14-24-28-19/h4-10,12-14,21,25-28H,11H2,1-3H3. The van der Waals surface area contributed by atoms with Gasteiger partial charge in [-0.25, -0.2) is 4.99 Å². The van der Waals surface area contributed by atoms with Gasteiger partial charge >= 0.3 is 0 Å². The van der Waals surface area contributed by atoms with E-state index in [-0.39, 0.29) is 11.7 Å². The minimum absolute atomic E-state index is 0.147. The molecule has 0 radical (unpaired) electrons. The van der Waals surface area contributed by atoms with Crippen molar-refractivity contribution < 1.29 is 0 Å².